The summed E-state index contributed by atoms with van der Waals surface area (Å²) < 4.78 is 0.779. The molecule has 0 saturated carbocycles. The number of benzene rings is 1. The summed E-state index contributed by atoms with van der Waals surface area (Å²) in [7, 11) is 0. The lowest BCUT2D eigenvalue weighted by molar-refractivity contribution is 0.564. The van der Waals surface area contributed by atoms with E-state index in [9.17, 15) is 0 Å². The minimum atomic E-state index is -0.100. The van der Waals surface area contributed by atoms with Crippen molar-refractivity contribution in [2.75, 3.05) is 0 Å². The maximum absolute atomic E-state index is 6.28. The molecule has 20 heavy (non-hydrogen) atoms. The Morgan fingerprint density at radius 2 is 1.60 bits per heavy atom. The van der Waals surface area contributed by atoms with Crippen LogP contribution in [-0.2, 0) is 5.41 Å². The van der Waals surface area contributed by atoms with Gasteiger partial charge in [0.1, 0.15) is 5.15 Å². The highest BCUT2D eigenvalue weighted by atomic mass is 79.9. The molecule has 106 valence electrons. The molecule has 0 atom stereocenters. The number of hydrogen-bond donors (Lipinski definition) is 0. The number of hydrogen-bond acceptors (Lipinski definition) is 2. The lowest BCUT2D eigenvalue weighted by Gasteiger charge is -2.21. The Hall–Kier alpha value is -0.930. The molecule has 0 unspecified atom stereocenters. The first-order valence-electron chi connectivity index (χ1n) is 6.52. The Labute approximate surface area is 133 Å². The number of aromatic nitrogens is 2. The third-order valence-corrected chi connectivity index (χ3v) is 4.48. The van der Waals surface area contributed by atoms with Gasteiger partial charge in [0.15, 0.2) is 5.82 Å². The van der Waals surface area contributed by atoms with Gasteiger partial charge in [-0.25, -0.2) is 9.97 Å². The highest BCUT2D eigenvalue weighted by molar-refractivity contribution is 9.10. The third-order valence-electron chi connectivity index (χ3n) is 3.23. The van der Waals surface area contributed by atoms with Crippen LogP contribution in [0.2, 0.25) is 5.15 Å². The fourth-order valence-electron chi connectivity index (χ4n) is 2.20. The molecule has 0 fully saturated rings. The van der Waals surface area contributed by atoms with Gasteiger partial charge in [-0.2, -0.15) is 0 Å². The molecule has 0 bridgehead atoms. The van der Waals surface area contributed by atoms with E-state index in [1.165, 1.54) is 0 Å². The van der Waals surface area contributed by atoms with Gasteiger partial charge in [-0.05, 0) is 40.9 Å². The van der Waals surface area contributed by atoms with Crippen LogP contribution in [-0.4, -0.2) is 9.97 Å². The van der Waals surface area contributed by atoms with Gasteiger partial charge in [0.2, 0.25) is 0 Å². The summed E-state index contributed by atoms with van der Waals surface area (Å²) in [6.45, 7) is 10.5. The topological polar surface area (TPSA) is 25.8 Å². The summed E-state index contributed by atoms with van der Waals surface area (Å²) in [5.41, 5.74) is 4.20. The molecule has 0 amide bonds. The van der Waals surface area contributed by atoms with Gasteiger partial charge in [-0.1, -0.05) is 50.6 Å². The summed E-state index contributed by atoms with van der Waals surface area (Å²) in [6.07, 6.45) is 0. The van der Waals surface area contributed by atoms with Crippen LogP contribution >= 0.6 is 27.5 Å². The van der Waals surface area contributed by atoms with Crippen molar-refractivity contribution >= 4 is 27.5 Å². The van der Waals surface area contributed by atoms with Gasteiger partial charge in [-0.15, -0.1) is 0 Å². The number of aryl methyl sites for hydroxylation is 2. The highest BCUT2D eigenvalue weighted by Gasteiger charge is 2.23. The first-order chi connectivity index (χ1) is 9.21. The SMILES string of the molecule is Cc1cccc(C)c1-c1nc(Cl)c(Br)c(C(C)(C)C)n1. The maximum Gasteiger partial charge on any atom is 0.161 e. The van der Waals surface area contributed by atoms with E-state index in [2.05, 4.69) is 67.7 Å². The number of rotatable bonds is 1. The van der Waals surface area contributed by atoms with Crippen molar-refractivity contribution in [1.29, 1.82) is 0 Å². The van der Waals surface area contributed by atoms with Gasteiger partial charge < -0.3 is 0 Å². The summed E-state index contributed by atoms with van der Waals surface area (Å²) in [4.78, 5) is 9.20. The fraction of sp³-hybridized carbons (Fsp3) is 0.375. The lowest BCUT2D eigenvalue weighted by Crippen LogP contribution is -2.16. The lowest BCUT2D eigenvalue weighted by atomic mass is 9.91. The Morgan fingerprint density at radius 3 is 2.10 bits per heavy atom. The van der Waals surface area contributed by atoms with Crippen LogP contribution in [0.4, 0.5) is 0 Å². The van der Waals surface area contributed by atoms with E-state index in [4.69, 9.17) is 16.6 Å². The van der Waals surface area contributed by atoms with Gasteiger partial charge in [-0.3, -0.25) is 0 Å². The van der Waals surface area contributed by atoms with E-state index >= 15 is 0 Å². The molecule has 1 heterocycles. The van der Waals surface area contributed by atoms with Crippen LogP contribution < -0.4 is 0 Å². The van der Waals surface area contributed by atoms with Crippen LogP contribution in [0.1, 0.15) is 37.6 Å². The molecule has 0 aliphatic rings. The van der Waals surface area contributed by atoms with E-state index in [1.54, 1.807) is 0 Å². The Balaban J connectivity index is 2.74. The van der Waals surface area contributed by atoms with Crippen LogP contribution in [0, 0.1) is 13.8 Å². The molecule has 0 spiro atoms. The van der Waals surface area contributed by atoms with Crippen molar-refractivity contribution in [3.05, 3.63) is 44.6 Å². The minimum Gasteiger partial charge on any atom is -0.231 e. The largest absolute Gasteiger partial charge is 0.231 e. The van der Waals surface area contributed by atoms with Crippen LogP contribution in [0.5, 0.6) is 0 Å². The zero-order chi connectivity index (χ0) is 15.1. The minimum absolute atomic E-state index is 0.100. The van der Waals surface area contributed by atoms with Gasteiger partial charge in [0, 0.05) is 11.0 Å². The average molecular weight is 354 g/mol. The normalized spacial score (nSPS) is 11.8. The molecule has 0 aliphatic carbocycles. The van der Waals surface area contributed by atoms with Gasteiger partial charge in [0.05, 0.1) is 10.2 Å². The smallest absolute Gasteiger partial charge is 0.161 e. The fourth-order valence-corrected chi connectivity index (χ4v) is 3.14. The zero-order valence-corrected chi connectivity index (χ0v) is 14.7. The van der Waals surface area contributed by atoms with Crippen molar-refractivity contribution in [2.24, 2.45) is 0 Å². The molecule has 0 aliphatic heterocycles. The Kier molecular flexibility index (Phi) is 4.22. The molecule has 1 aromatic carbocycles. The third kappa shape index (κ3) is 2.89. The maximum atomic E-state index is 6.28. The second-order valence-electron chi connectivity index (χ2n) is 6.02. The standard InChI is InChI=1S/C16H18BrClN2/c1-9-7-6-8-10(2)11(9)15-19-13(16(3,4)5)12(17)14(18)20-15/h6-8H,1-5H3. The van der Waals surface area contributed by atoms with E-state index in [0.717, 1.165) is 26.9 Å². The molecule has 0 radical (unpaired) electrons. The quantitative estimate of drug-likeness (QED) is 0.635. The van der Waals surface area contributed by atoms with Gasteiger partial charge >= 0.3 is 0 Å². The number of nitrogens with zero attached hydrogens (tertiary/aromatic N) is 2. The molecular weight excluding hydrogens is 336 g/mol. The van der Waals surface area contributed by atoms with Crippen molar-refractivity contribution in [3.8, 4) is 11.4 Å². The molecular formula is C16H18BrClN2. The van der Waals surface area contributed by atoms with Crippen molar-refractivity contribution in [1.82, 2.24) is 9.97 Å². The van der Waals surface area contributed by atoms with E-state index in [0.29, 0.717) is 11.0 Å². The van der Waals surface area contributed by atoms with E-state index < -0.39 is 0 Å². The number of halogens is 2. The molecule has 1 aromatic heterocycles. The van der Waals surface area contributed by atoms with Crippen LogP contribution in [0.3, 0.4) is 0 Å². The molecule has 0 N–H and O–H groups in total. The monoisotopic (exact) mass is 352 g/mol. The van der Waals surface area contributed by atoms with Crippen molar-refractivity contribution < 1.29 is 0 Å². The summed E-state index contributed by atoms with van der Waals surface area (Å²) in [5, 5.41) is 0.461. The molecule has 2 nitrogen and oxygen atoms in total. The summed E-state index contributed by atoms with van der Waals surface area (Å²) in [5.74, 6) is 0.693. The summed E-state index contributed by atoms with van der Waals surface area (Å²) in [6, 6.07) is 6.18. The van der Waals surface area contributed by atoms with Gasteiger partial charge in [0.25, 0.3) is 0 Å². The predicted octanol–water partition coefficient (Wildman–Crippen LogP) is 5.47. The van der Waals surface area contributed by atoms with E-state index in [1.807, 2.05) is 6.07 Å². The summed E-state index contributed by atoms with van der Waals surface area (Å²) >= 11 is 9.78. The molecule has 4 heteroatoms. The second kappa shape index (κ2) is 5.45. The second-order valence-corrected chi connectivity index (χ2v) is 7.17. The Morgan fingerprint density at radius 1 is 1.05 bits per heavy atom. The first-order valence-corrected chi connectivity index (χ1v) is 7.69. The van der Waals surface area contributed by atoms with Crippen molar-refractivity contribution in [3.63, 3.8) is 0 Å². The van der Waals surface area contributed by atoms with Crippen LogP contribution in [0.25, 0.3) is 11.4 Å². The molecule has 2 rings (SSSR count). The predicted molar refractivity (Wildman–Crippen MR) is 88.4 cm³/mol. The zero-order valence-electron chi connectivity index (χ0n) is 12.4. The molecule has 2 aromatic rings. The van der Waals surface area contributed by atoms with E-state index in [-0.39, 0.29) is 5.41 Å². The van der Waals surface area contributed by atoms with Crippen LogP contribution in [0.15, 0.2) is 22.7 Å². The van der Waals surface area contributed by atoms with Crippen molar-refractivity contribution in [2.45, 2.75) is 40.0 Å². The average Bonchev–Trinajstić information content (AvgIpc) is 2.31. The first kappa shape index (κ1) is 15.5. The Bertz CT molecular complexity index is 640. The highest BCUT2D eigenvalue weighted by Crippen LogP contribution is 2.35. The molecule has 0 saturated heterocycles.